The summed E-state index contributed by atoms with van der Waals surface area (Å²) in [7, 11) is 0. The first-order chi connectivity index (χ1) is 6.79. The normalized spacial score (nSPS) is 10.1. The zero-order chi connectivity index (χ0) is 9.97. The number of nitrogens with zero attached hydrogens (tertiary/aromatic N) is 2. The number of hydrogen-bond acceptors (Lipinski definition) is 3. The van der Waals surface area contributed by atoms with E-state index in [1.165, 1.54) is 0 Å². The molecule has 0 amide bonds. The first kappa shape index (κ1) is 8.90. The Labute approximate surface area is 84.9 Å². The van der Waals surface area contributed by atoms with Crippen molar-refractivity contribution < 1.29 is 4.79 Å². The van der Waals surface area contributed by atoms with Gasteiger partial charge < -0.3 is 0 Å². The molecule has 70 valence electrons. The second-order valence-electron chi connectivity index (χ2n) is 2.66. The van der Waals surface area contributed by atoms with Crippen LogP contribution in [0.1, 0.15) is 16.1 Å². The fourth-order valence-corrected chi connectivity index (χ4v) is 1.25. The quantitative estimate of drug-likeness (QED) is 0.763. The topological polar surface area (TPSA) is 58.6 Å². The average Bonchev–Trinajstić information content (AvgIpc) is 2.65. The molecule has 0 spiro atoms. The second-order valence-corrected chi connectivity index (χ2v) is 3.02. The molecule has 0 radical (unpaired) electrons. The van der Waals surface area contributed by atoms with Crippen LogP contribution in [0.2, 0.25) is 5.15 Å². The number of nitrogens with one attached hydrogen (secondary N) is 1. The highest BCUT2D eigenvalue weighted by Gasteiger charge is 2.15. The zero-order valence-corrected chi connectivity index (χ0v) is 7.82. The smallest absolute Gasteiger partial charge is 0.216 e. The third-order valence-corrected chi connectivity index (χ3v) is 2.02. The molecule has 0 fully saturated rings. The highest BCUT2D eigenvalue weighted by Crippen LogP contribution is 2.13. The number of ketones is 1. The van der Waals surface area contributed by atoms with Crippen LogP contribution in [0.4, 0.5) is 0 Å². The van der Waals surface area contributed by atoms with Gasteiger partial charge in [0.2, 0.25) is 5.78 Å². The molecule has 0 saturated carbocycles. The molecule has 5 heteroatoms. The van der Waals surface area contributed by atoms with Crippen molar-refractivity contribution in [1.82, 2.24) is 15.4 Å². The van der Waals surface area contributed by atoms with E-state index >= 15 is 0 Å². The number of benzene rings is 1. The molecular weight excluding hydrogens is 202 g/mol. The Hall–Kier alpha value is -1.68. The van der Waals surface area contributed by atoms with Gasteiger partial charge in [0.25, 0.3) is 0 Å². The van der Waals surface area contributed by atoms with Crippen LogP contribution in [0.25, 0.3) is 0 Å². The van der Waals surface area contributed by atoms with Gasteiger partial charge in [0.1, 0.15) is 0 Å². The molecule has 0 aliphatic carbocycles. The van der Waals surface area contributed by atoms with Crippen molar-refractivity contribution in [3.63, 3.8) is 0 Å². The monoisotopic (exact) mass is 207 g/mol. The lowest BCUT2D eigenvalue weighted by Crippen LogP contribution is -2.02. The first-order valence-corrected chi connectivity index (χ1v) is 4.33. The Balaban J connectivity index is 2.39. The highest BCUT2D eigenvalue weighted by atomic mass is 35.5. The molecule has 1 aromatic heterocycles. The van der Waals surface area contributed by atoms with Crippen molar-refractivity contribution >= 4 is 17.4 Å². The van der Waals surface area contributed by atoms with E-state index in [9.17, 15) is 4.79 Å². The summed E-state index contributed by atoms with van der Waals surface area (Å²) < 4.78 is 0. The van der Waals surface area contributed by atoms with Crippen molar-refractivity contribution in [2.24, 2.45) is 0 Å². The van der Waals surface area contributed by atoms with Crippen LogP contribution in [0.5, 0.6) is 0 Å². The van der Waals surface area contributed by atoms with E-state index in [0.29, 0.717) is 5.56 Å². The number of hydrogen-bond donors (Lipinski definition) is 1. The lowest BCUT2D eigenvalue weighted by Gasteiger charge is -1.95. The van der Waals surface area contributed by atoms with Gasteiger partial charge in [0.05, 0.1) is 0 Å². The van der Waals surface area contributed by atoms with Crippen molar-refractivity contribution in [2.75, 3.05) is 0 Å². The third kappa shape index (κ3) is 1.52. The SMILES string of the molecule is O=C(c1ccccc1)c1n[nH]nc1Cl. The predicted molar refractivity (Wildman–Crippen MR) is 51.3 cm³/mol. The van der Waals surface area contributed by atoms with Gasteiger partial charge in [-0.2, -0.15) is 10.3 Å². The van der Waals surface area contributed by atoms with Crippen LogP contribution in [0, 0.1) is 0 Å². The van der Waals surface area contributed by atoms with Crippen LogP contribution < -0.4 is 0 Å². The minimum Gasteiger partial charge on any atom is -0.287 e. The number of rotatable bonds is 2. The van der Waals surface area contributed by atoms with E-state index in [1.807, 2.05) is 6.07 Å². The number of aromatic amines is 1. The van der Waals surface area contributed by atoms with Crippen molar-refractivity contribution in [3.8, 4) is 0 Å². The van der Waals surface area contributed by atoms with Crippen molar-refractivity contribution in [3.05, 3.63) is 46.7 Å². The predicted octanol–water partition coefficient (Wildman–Crippen LogP) is 1.69. The Morgan fingerprint density at radius 1 is 1.21 bits per heavy atom. The lowest BCUT2D eigenvalue weighted by atomic mass is 10.1. The van der Waals surface area contributed by atoms with Crippen LogP contribution in [0.3, 0.4) is 0 Å². The van der Waals surface area contributed by atoms with Gasteiger partial charge in [0.15, 0.2) is 10.8 Å². The van der Waals surface area contributed by atoms with Crippen LogP contribution >= 0.6 is 11.6 Å². The maximum Gasteiger partial charge on any atom is 0.216 e. The number of aromatic nitrogens is 3. The summed E-state index contributed by atoms with van der Waals surface area (Å²) in [4.78, 5) is 11.7. The largest absolute Gasteiger partial charge is 0.287 e. The van der Waals surface area contributed by atoms with Crippen LogP contribution in [0.15, 0.2) is 30.3 Å². The summed E-state index contributed by atoms with van der Waals surface area (Å²) in [6, 6.07) is 8.80. The maximum atomic E-state index is 11.7. The molecule has 4 nitrogen and oxygen atoms in total. The fraction of sp³-hybridized carbons (Fsp3) is 0. The Kier molecular flexibility index (Phi) is 2.28. The summed E-state index contributed by atoms with van der Waals surface area (Å²) in [6.07, 6.45) is 0. The number of H-pyrrole nitrogens is 1. The van der Waals surface area contributed by atoms with Crippen molar-refractivity contribution in [1.29, 1.82) is 0 Å². The molecule has 2 aromatic rings. The zero-order valence-electron chi connectivity index (χ0n) is 7.07. The second kappa shape index (κ2) is 3.59. The minimum absolute atomic E-state index is 0.0962. The number of carbonyl (C=O) groups is 1. The Morgan fingerprint density at radius 3 is 2.50 bits per heavy atom. The molecule has 0 aliphatic rings. The van der Waals surface area contributed by atoms with E-state index in [1.54, 1.807) is 24.3 Å². The molecular formula is C9H6ClN3O. The lowest BCUT2D eigenvalue weighted by molar-refractivity contribution is 0.103. The molecule has 14 heavy (non-hydrogen) atoms. The molecule has 0 aliphatic heterocycles. The van der Waals surface area contributed by atoms with Gasteiger partial charge in [-0.3, -0.25) is 4.79 Å². The van der Waals surface area contributed by atoms with Crippen LogP contribution in [-0.2, 0) is 0 Å². The fourth-order valence-electron chi connectivity index (χ4n) is 1.09. The highest BCUT2D eigenvalue weighted by molar-refractivity contribution is 6.33. The van der Waals surface area contributed by atoms with Crippen LogP contribution in [-0.4, -0.2) is 21.2 Å². The maximum absolute atomic E-state index is 11.7. The summed E-state index contributed by atoms with van der Waals surface area (Å²) in [6.45, 7) is 0. The molecule has 1 aromatic carbocycles. The first-order valence-electron chi connectivity index (χ1n) is 3.95. The van der Waals surface area contributed by atoms with E-state index in [-0.39, 0.29) is 16.6 Å². The average molecular weight is 208 g/mol. The van der Waals surface area contributed by atoms with Gasteiger partial charge in [-0.15, -0.1) is 5.10 Å². The summed E-state index contributed by atoms with van der Waals surface area (Å²) in [5.74, 6) is -0.232. The van der Waals surface area contributed by atoms with Crippen molar-refractivity contribution in [2.45, 2.75) is 0 Å². The molecule has 0 saturated heterocycles. The van der Waals surface area contributed by atoms with Gasteiger partial charge >= 0.3 is 0 Å². The third-order valence-electron chi connectivity index (χ3n) is 1.76. The molecule has 1 heterocycles. The molecule has 0 unspecified atom stereocenters. The van der Waals surface area contributed by atoms with E-state index in [2.05, 4.69) is 15.4 Å². The summed E-state index contributed by atoms with van der Waals surface area (Å²) >= 11 is 5.66. The Morgan fingerprint density at radius 2 is 1.93 bits per heavy atom. The number of halogens is 1. The number of carbonyl (C=O) groups excluding carboxylic acids is 1. The van der Waals surface area contributed by atoms with Gasteiger partial charge in [-0.1, -0.05) is 41.9 Å². The molecule has 0 bridgehead atoms. The molecule has 2 rings (SSSR count). The summed E-state index contributed by atoms with van der Waals surface area (Å²) in [5.41, 5.74) is 0.696. The standard InChI is InChI=1S/C9H6ClN3O/c10-9-7(11-13-12-9)8(14)6-4-2-1-3-5-6/h1-5H,(H,11,12,13). The molecule has 1 N–H and O–H groups in total. The van der Waals surface area contributed by atoms with Gasteiger partial charge in [0, 0.05) is 5.56 Å². The van der Waals surface area contributed by atoms with E-state index < -0.39 is 0 Å². The van der Waals surface area contributed by atoms with E-state index in [0.717, 1.165) is 0 Å². The Bertz CT molecular complexity index is 452. The minimum atomic E-state index is -0.232. The van der Waals surface area contributed by atoms with Gasteiger partial charge in [-0.05, 0) is 0 Å². The van der Waals surface area contributed by atoms with Gasteiger partial charge in [-0.25, -0.2) is 0 Å². The molecule has 0 atom stereocenters. The van der Waals surface area contributed by atoms with E-state index in [4.69, 9.17) is 11.6 Å². The summed E-state index contributed by atoms with van der Waals surface area (Å²) in [5, 5.41) is 9.64.